The second kappa shape index (κ2) is 23.2. The number of aromatic hydroxyl groups is 1. The lowest BCUT2D eigenvalue weighted by Gasteiger charge is -2.41. The van der Waals surface area contributed by atoms with Crippen molar-refractivity contribution in [3.05, 3.63) is 92.1 Å². The molecule has 3 amide bonds. The number of ether oxygens (including phenoxy) is 4. The fourth-order valence-electron chi connectivity index (χ4n) is 10.4. The fraction of sp³-hybridized carbons (Fsp3) is 0.571. The highest BCUT2D eigenvalue weighted by Crippen LogP contribution is 2.49. The monoisotopic (exact) mass is 1010 g/mol. The molecule has 5 aliphatic rings. The summed E-state index contributed by atoms with van der Waals surface area (Å²) in [6.45, 7) is 17.5. The maximum Gasteiger partial charge on any atom is 0.415 e. The zero-order valence-corrected chi connectivity index (χ0v) is 44.3. The van der Waals surface area contributed by atoms with Crippen LogP contribution in [0.5, 0.6) is 23.0 Å². The Morgan fingerprint density at radius 2 is 1.32 bits per heavy atom. The number of benzene rings is 2. The first-order valence-electron chi connectivity index (χ1n) is 25.6. The van der Waals surface area contributed by atoms with E-state index in [9.17, 15) is 38.7 Å². The number of hydrogen-bond acceptors (Lipinski definition) is 12. The van der Waals surface area contributed by atoms with E-state index < -0.39 is 52.4 Å². The fourth-order valence-corrected chi connectivity index (χ4v) is 11.4. The van der Waals surface area contributed by atoms with Gasteiger partial charge in [-0.3, -0.25) is 23.5 Å². The summed E-state index contributed by atoms with van der Waals surface area (Å²) < 4.78 is 37.1. The van der Waals surface area contributed by atoms with E-state index in [1.54, 1.807) is 4.90 Å². The van der Waals surface area contributed by atoms with Crippen molar-refractivity contribution in [2.45, 2.75) is 175 Å². The van der Waals surface area contributed by atoms with E-state index in [1.807, 2.05) is 13.8 Å². The molecular formula is C56H75N3O12S. The number of hydrogen-bond donors (Lipinski definition) is 3. The predicted octanol–water partition coefficient (Wildman–Crippen LogP) is 8.90. The number of rotatable bonds is 20. The van der Waals surface area contributed by atoms with Gasteiger partial charge in [0.2, 0.25) is 0 Å². The van der Waals surface area contributed by atoms with Crippen LogP contribution in [0, 0.1) is 0 Å². The van der Waals surface area contributed by atoms with Gasteiger partial charge in [0.15, 0.2) is 6.23 Å². The third-order valence-electron chi connectivity index (χ3n) is 15.0. The molecule has 72 heavy (non-hydrogen) atoms. The van der Waals surface area contributed by atoms with Gasteiger partial charge >= 0.3 is 6.09 Å². The third-order valence-corrected chi connectivity index (χ3v) is 16.3. The van der Waals surface area contributed by atoms with Crippen LogP contribution in [0.1, 0.15) is 163 Å². The van der Waals surface area contributed by atoms with E-state index in [0.717, 1.165) is 25.7 Å². The number of aliphatic hydroxyl groups excluding tert-OH is 2. The van der Waals surface area contributed by atoms with Crippen LogP contribution in [-0.2, 0) is 46.3 Å². The summed E-state index contributed by atoms with van der Waals surface area (Å²) >= 11 is 0. The van der Waals surface area contributed by atoms with Gasteiger partial charge in [0.1, 0.15) is 34.2 Å². The molecule has 0 saturated carbocycles. The third kappa shape index (κ3) is 12.3. The van der Waals surface area contributed by atoms with Crippen molar-refractivity contribution in [1.82, 2.24) is 14.7 Å². The number of allylic oxidation sites excluding steroid dienone is 8. The minimum Gasteiger partial charge on any atom is -0.508 e. The van der Waals surface area contributed by atoms with Gasteiger partial charge in [-0.2, -0.15) is 0 Å². The molecule has 2 aromatic carbocycles. The van der Waals surface area contributed by atoms with Crippen molar-refractivity contribution >= 4 is 35.2 Å². The molecule has 0 radical (unpaired) electrons. The number of fused-ring (bicyclic) bond motifs is 6. The molecule has 0 unspecified atom stereocenters. The number of aliphatic hydroxyl groups is 2. The van der Waals surface area contributed by atoms with Crippen LogP contribution in [0.2, 0.25) is 0 Å². The van der Waals surface area contributed by atoms with Gasteiger partial charge in [-0.15, -0.1) is 0 Å². The van der Waals surface area contributed by atoms with Crippen molar-refractivity contribution < 1.29 is 57.7 Å². The molecule has 3 N–H and O–H groups in total. The first-order valence-corrected chi connectivity index (χ1v) is 27.1. The summed E-state index contributed by atoms with van der Waals surface area (Å²) in [5.41, 5.74) is 5.63. The number of carbonyl (C=O) groups is 4. The maximum atomic E-state index is 14.5. The number of amides is 3. The topological polar surface area (TPSA) is 193 Å². The highest BCUT2D eigenvalue weighted by atomic mass is 32.2. The van der Waals surface area contributed by atoms with E-state index in [0.29, 0.717) is 89.4 Å². The lowest BCUT2D eigenvalue weighted by atomic mass is 9.84. The Kier molecular flexibility index (Phi) is 17.5. The molecule has 2 aromatic rings. The first-order chi connectivity index (χ1) is 34.2. The number of nitrogens with zero attached hydrogens (tertiary/aromatic N) is 3. The molecule has 0 aliphatic carbocycles. The van der Waals surface area contributed by atoms with E-state index >= 15 is 0 Å². The van der Waals surface area contributed by atoms with Crippen LogP contribution in [0.25, 0.3) is 0 Å². The highest BCUT2D eigenvalue weighted by molar-refractivity contribution is 7.85. The standard InChI is InChI=1S/C56H75N3O12S/c1-35(2)14-9-16-37(5)18-11-21-55(7)47(62)30-41-45(61)28-39-43(50(41)70-55)32-58(52(39)64)23-13-20-49(68-34-60)59-33-44-40(53(59)65)29-46(69-54(66)57-24-26-72(67)27-25-57)42-31-48(63)56(8,71-51(42)44)22-12-19-38(6)17-10-15-36(3)4/h14-15,18-19,28-29,34,47-49,61-63H,9-13,16-17,20-27,30-33H2,1-8H3/b37-18+,38-19+/t47-,48-,49+,55+,56+/m0/s1. The zero-order valence-electron chi connectivity index (χ0n) is 43.5. The van der Waals surface area contributed by atoms with Gasteiger partial charge in [0.25, 0.3) is 18.3 Å². The molecule has 5 atom stereocenters. The van der Waals surface area contributed by atoms with Crippen molar-refractivity contribution in [2.75, 3.05) is 31.1 Å². The summed E-state index contributed by atoms with van der Waals surface area (Å²) in [6, 6.07) is 2.95. The van der Waals surface area contributed by atoms with E-state index in [-0.39, 0.29) is 75.0 Å². The van der Waals surface area contributed by atoms with Crippen LogP contribution in [0.15, 0.2) is 58.7 Å². The zero-order chi connectivity index (χ0) is 52.1. The van der Waals surface area contributed by atoms with Crippen molar-refractivity contribution in [2.24, 2.45) is 0 Å². The Hall–Kier alpha value is -5.45. The molecule has 7 rings (SSSR count). The van der Waals surface area contributed by atoms with Crippen LogP contribution in [0.4, 0.5) is 4.79 Å². The molecule has 1 saturated heterocycles. The molecular weight excluding hydrogens is 939 g/mol. The minimum absolute atomic E-state index is 0.00341. The van der Waals surface area contributed by atoms with Crippen molar-refractivity contribution in [3.8, 4) is 23.0 Å². The summed E-state index contributed by atoms with van der Waals surface area (Å²) in [7, 11) is -1.03. The van der Waals surface area contributed by atoms with Crippen LogP contribution in [-0.4, -0.2) is 119 Å². The number of phenolic OH excluding ortho intramolecular Hbond substituents is 1. The average molecular weight is 1010 g/mol. The molecule has 5 heterocycles. The normalized spacial score (nSPS) is 23.3. The largest absolute Gasteiger partial charge is 0.508 e. The lowest BCUT2D eigenvalue weighted by molar-refractivity contribution is -0.141. The Bertz CT molecular complexity index is 2550. The summed E-state index contributed by atoms with van der Waals surface area (Å²) in [5, 5.41) is 34.2. The molecule has 392 valence electrons. The molecule has 0 aromatic heterocycles. The second-order valence-electron chi connectivity index (χ2n) is 21.2. The molecule has 16 heteroatoms. The van der Waals surface area contributed by atoms with Crippen LogP contribution >= 0.6 is 0 Å². The van der Waals surface area contributed by atoms with Gasteiger partial charge in [-0.25, -0.2) is 4.79 Å². The lowest BCUT2D eigenvalue weighted by Crippen LogP contribution is -2.49. The van der Waals surface area contributed by atoms with Gasteiger partial charge < -0.3 is 44.1 Å². The van der Waals surface area contributed by atoms with Crippen molar-refractivity contribution in [1.29, 1.82) is 0 Å². The first kappa shape index (κ1) is 54.3. The Balaban J connectivity index is 1.06. The quantitative estimate of drug-likeness (QED) is 0.0844. The average Bonchev–Trinajstić information content (AvgIpc) is 3.81. The smallest absolute Gasteiger partial charge is 0.415 e. The predicted molar refractivity (Wildman–Crippen MR) is 276 cm³/mol. The molecule has 0 spiro atoms. The van der Waals surface area contributed by atoms with Gasteiger partial charge in [0.05, 0.1) is 36.4 Å². The SMILES string of the molecule is CC(C)=CCC/C(C)=C/CC[C@@]1(C)Oc2c(c(O)cc3c2CN(CCC[C@@H](OC=O)N2Cc4c(cc(OC(=O)N5CCS(=O)CC5)c5c4O[C@](C)(CC/C=C(\C)CCC=C(C)C)[C@@H](O)C5)C2=O)C3=O)C[C@@H]1O. The minimum atomic E-state index is -1.06. The van der Waals surface area contributed by atoms with Gasteiger partial charge in [0, 0.05) is 83.5 Å². The Labute approximate surface area is 427 Å². The number of phenols is 1. The summed E-state index contributed by atoms with van der Waals surface area (Å²) in [6.07, 6.45) is 12.0. The number of carbonyl (C=O) groups excluding carboxylic acids is 4. The van der Waals surface area contributed by atoms with Crippen LogP contribution < -0.4 is 14.2 Å². The summed E-state index contributed by atoms with van der Waals surface area (Å²) in [4.78, 5) is 58.7. The molecule has 0 bridgehead atoms. The van der Waals surface area contributed by atoms with E-state index in [4.69, 9.17) is 18.9 Å². The van der Waals surface area contributed by atoms with Gasteiger partial charge in [-0.05, 0) is 125 Å². The molecule has 15 nitrogen and oxygen atoms in total. The molecule has 5 aliphatic heterocycles. The molecule has 1 fully saturated rings. The second-order valence-corrected chi connectivity index (χ2v) is 22.9. The Morgan fingerprint density at radius 3 is 1.89 bits per heavy atom. The maximum absolute atomic E-state index is 14.5. The van der Waals surface area contributed by atoms with Gasteiger partial charge in [-0.1, -0.05) is 46.6 Å². The highest BCUT2D eigenvalue weighted by Gasteiger charge is 2.47. The Morgan fingerprint density at radius 1 is 0.778 bits per heavy atom. The summed E-state index contributed by atoms with van der Waals surface area (Å²) in [5.74, 6) is 0.617. The van der Waals surface area contributed by atoms with E-state index in [2.05, 4.69) is 65.8 Å². The van der Waals surface area contributed by atoms with Crippen molar-refractivity contribution in [3.63, 3.8) is 0 Å². The van der Waals surface area contributed by atoms with E-state index in [1.165, 1.54) is 44.2 Å². The van der Waals surface area contributed by atoms with Crippen LogP contribution in [0.3, 0.4) is 0 Å².